The van der Waals surface area contributed by atoms with E-state index in [-0.39, 0.29) is 12.4 Å². The Morgan fingerprint density at radius 1 is 1.00 bits per heavy atom. The molecule has 2 amide bonds. The van der Waals surface area contributed by atoms with E-state index in [0.717, 1.165) is 16.0 Å². The Kier molecular flexibility index (Phi) is 9.04. The summed E-state index contributed by atoms with van der Waals surface area (Å²) in [7, 11) is 4.47. The van der Waals surface area contributed by atoms with Crippen LogP contribution in [0.3, 0.4) is 0 Å². The van der Waals surface area contributed by atoms with E-state index in [1.165, 1.54) is 34.3 Å². The number of pyridine rings is 1. The second kappa shape index (κ2) is 12.5. The van der Waals surface area contributed by atoms with Gasteiger partial charge in [-0.3, -0.25) is 14.6 Å². The Bertz CT molecular complexity index is 1530. The Hall–Kier alpha value is -4.60. The van der Waals surface area contributed by atoms with Crippen LogP contribution in [-0.4, -0.2) is 48.8 Å². The first kappa shape index (κ1) is 30.4. The number of aromatic nitrogens is 1. The monoisotopic (exact) mass is 576 g/mol. The van der Waals surface area contributed by atoms with Crippen LogP contribution >= 0.6 is 0 Å². The minimum absolute atomic E-state index is 0.105. The van der Waals surface area contributed by atoms with Gasteiger partial charge in [0.15, 0.2) is 17.2 Å². The molecule has 222 valence electrons. The van der Waals surface area contributed by atoms with E-state index >= 15 is 0 Å². The summed E-state index contributed by atoms with van der Waals surface area (Å²) in [5, 5.41) is 0. The van der Waals surface area contributed by atoms with E-state index in [4.69, 9.17) is 23.7 Å². The highest BCUT2D eigenvalue weighted by atomic mass is 16.6. The fourth-order valence-electron chi connectivity index (χ4n) is 5.08. The van der Waals surface area contributed by atoms with Crippen molar-refractivity contribution in [3.63, 3.8) is 0 Å². The number of fused-ring (bicyclic) bond motifs is 3. The predicted molar refractivity (Wildman–Crippen MR) is 156 cm³/mol. The quantitative estimate of drug-likeness (QED) is 0.360. The first-order chi connectivity index (χ1) is 20.0. The van der Waals surface area contributed by atoms with Gasteiger partial charge in [0.05, 0.1) is 27.4 Å². The number of rotatable bonds is 7. The highest BCUT2D eigenvalue weighted by molar-refractivity contribution is 5.92. The predicted octanol–water partition coefficient (Wildman–Crippen LogP) is 5.48. The summed E-state index contributed by atoms with van der Waals surface area (Å²) in [5.41, 5.74) is 2.08. The molecule has 0 aliphatic heterocycles. The molecule has 42 heavy (non-hydrogen) atoms. The Labute approximate surface area is 245 Å². The summed E-state index contributed by atoms with van der Waals surface area (Å²) >= 11 is 0. The van der Waals surface area contributed by atoms with Crippen LogP contribution < -0.4 is 24.4 Å². The van der Waals surface area contributed by atoms with Crippen molar-refractivity contribution in [1.82, 2.24) is 9.88 Å². The summed E-state index contributed by atoms with van der Waals surface area (Å²) in [6, 6.07) is 9.46. The molecule has 1 atom stereocenters. The van der Waals surface area contributed by atoms with E-state index in [1.807, 2.05) is 18.2 Å². The molecule has 10 heteroatoms. The van der Waals surface area contributed by atoms with E-state index in [2.05, 4.69) is 4.98 Å². The average molecular weight is 577 g/mol. The fraction of sp³-hybridized carbons (Fsp3) is 0.375. The average Bonchev–Trinajstić information content (AvgIpc) is 3.19. The van der Waals surface area contributed by atoms with Crippen molar-refractivity contribution >= 4 is 12.0 Å². The molecule has 0 saturated heterocycles. The smallest absolute Gasteiger partial charge is 0.417 e. The van der Waals surface area contributed by atoms with Gasteiger partial charge >= 0.3 is 6.09 Å². The summed E-state index contributed by atoms with van der Waals surface area (Å²) in [6.45, 7) is 6.66. The van der Waals surface area contributed by atoms with Crippen LogP contribution in [-0.2, 0) is 22.6 Å². The number of benzene rings is 1. The number of hydrogen-bond acceptors (Lipinski definition) is 9. The van der Waals surface area contributed by atoms with Gasteiger partial charge in [0, 0.05) is 30.4 Å². The molecular formula is C32H36N2O8. The normalized spacial score (nSPS) is 14.0. The number of carbonyl (C=O) groups is 2. The van der Waals surface area contributed by atoms with Crippen LogP contribution in [0.5, 0.6) is 23.0 Å². The SMILES string of the molecule is COc1cc2c(c(OCc3cccnc3)c1OC)-c1ccc(OC)c(=O)cc1C(N(C(C)=O)C(=O)OC(C)(C)C)CC2. The summed E-state index contributed by atoms with van der Waals surface area (Å²) in [6.07, 6.45) is 3.31. The van der Waals surface area contributed by atoms with Gasteiger partial charge in [-0.25, -0.2) is 9.69 Å². The standard InChI is InChI=1S/C32H36N2O8/c1-19(35)34(31(37)42-32(2,3)4)24-12-10-21-15-27(39-6)29(40-7)30(41-18-20-9-8-14-33-17-20)28(21)22-11-13-26(38-5)25(36)16-23(22)24/h8-9,11,13-17,24H,10,12,18H2,1-7H3. The van der Waals surface area contributed by atoms with E-state index in [0.29, 0.717) is 46.8 Å². The molecule has 3 aromatic rings. The third-order valence-corrected chi connectivity index (χ3v) is 6.83. The molecule has 4 rings (SSSR count). The minimum Gasteiger partial charge on any atom is -0.493 e. The molecule has 0 bridgehead atoms. The van der Waals surface area contributed by atoms with Crippen LogP contribution in [0.25, 0.3) is 11.1 Å². The van der Waals surface area contributed by atoms with Crippen LogP contribution in [0, 0.1) is 0 Å². The molecule has 10 nitrogen and oxygen atoms in total. The zero-order valence-corrected chi connectivity index (χ0v) is 25.0. The number of imide groups is 1. The third-order valence-electron chi connectivity index (χ3n) is 6.83. The molecule has 1 unspecified atom stereocenters. The number of amides is 2. The van der Waals surface area contributed by atoms with Crippen molar-refractivity contribution in [3.8, 4) is 34.1 Å². The van der Waals surface area contributed by atoms with Crippen molar-refractivity contribution in [2.75, 3.05) is 21.3 Å². The van der Waals surface area contributed by atoms with Gasteiger partial charge in [-0.05, 0) is 74.6 Å². The first-order valence-corrected chi connectivity index (χ1v) is 13.5. The van der Waals surface area contributed by atoms with Gasteiger partial charge in [0.2, 0.25) is 17.1 Å². The molecule has 0 spiro atoms. The number of ether oxygens (including phenoxy) is 5. The number of carbonyl (C=O) groups excluding carboxylic acids is 2. The largest absolute Gasteiger partial charge is 0.493 e. The molecule has 1 aromatic heterocycles. The van der Waals surface area contributed by atoms with Gasteiger partial charge in [-0.15, -0.1) is 0 Å². The Morgan fingerprint density at radius 3 is 2.33 bits per heavy atom. The molecule has 0 N–H and O–H groups in total. The maximum absolute atomic E-state index is 13.4. The topological polar surface area (TPSA) is 113 Å². The van der Waals surface area contributed by atoms with Gasteiger partial charge in [0.1, 0.15) is 12.2 Å². The van der Waals surface area contributed by atoms with Crippen LogP contribution in [0.4, 0.5) is 4.79 Å². The molecule has 2 aromatic carbocycles. The second-order valence-electron chi connectivity index (χ2n) is 10.8. The number of methoxy groups -OCH3 is 3. The number of aryl methyl sites for hydroxylation is 1. The van der Waals surface area contributed by atoms with Crippen molar-refractivity contribution < 1.29 is 33.3 Å². The minimum atomic E-state index is -0.844. The summed E-state index contributed by atoms with van der Waals surface area (Å²) in [4.78, 5) is 45.0. The fourth-order valence-corrected chi connectivity index (χ4v) is 5.08. The van der Waals surface area contributed by atoms with Crippen LogP contribution in [0.2, 0.25) is 0 Å². The first-order valence-electron chi connectivity index (χ1n) is 13.5. The molecule has 0 saturated carbocycles. The van der Waals surface area contributed by atoms with Gasteiger partial charge < -0.3 is 23.7 Å². The highest BCUT2D eigenvalue weighted by Gasteiger charge is 2.37. The van der Waals surface area contributed by atoms with Crippen molar-refractivity contribution in [2.45, 2.75) is 58.8 Å². The Morgan fingerprint density at radius 2 is 1.74 bits per heavy atom. The van der Waals surface area contributed by atoms with Crippen molar-refractivity contribution in [3.05, 3.63) is 75.7 Å². The molecule has 0 radical (unpaired) electrons. The maximum atomic E-state index is 13.4. The summed E-state index contributed by atoms with van der Waals surface area (Å²) in [5.74, 6) is 0.798. The highest BCUT2D eigenvalue weighted by Crippen LogP contribution is 2.51. The van der Waals surface area contributed by atoms with Crippen molar-refractivity contribution in [2.24, 2.45) is 0 Å². The molecule has 1 aliphatic rings. The lowest BCUT2D eigenvalue weighted by Gasteiger charge is -2.31. The van der Waals surface area contributed by atoms with Crippen LogP contribution in [0.15, 0.2) is 53.6 Å². The van der Waals surface area contributed by atoms with Gasteiger partial charge in [0.25, 0.3) is 0 Å². The lowest BCUT2D eigenvalue weighted by Crippen LogP contribution is -2.42. The molecule has 1 aliphatic carbocycles. The Balaban J connectivity index is 2.01. The molecule has 1 heterocycles. The number of nitrogens with zero attached hydrogens (tertiary/aromatic N) is 2. The lowest BCUT2D eigenvalue weighted by atomic mass is 9.95. The molecule has 0 fully saturated rings. The zero-order chi connectivity index (χ0) is 30.6. The second-order valence-corrected chi connectivity index (χ2v) is 10.8. The zero-order valence-electron chi connectivity index (χ0n) is 25.0. The van der Waals surface area contributed by atoms with E-state index in [1.54, 1.807) is 45.3 Å². The third kappa shape index (κ3) is 6.32. The van der Waals surface area contributed by atoms with Crippen LogP contribution in [0.1, 0.15) is 56.8 Å². The van der Waals surface area contributed by atoms with Gasteiger partial charge in [-0.1, -0.05) is 12.1 Å². The van der Waals surface area contributed by atoms with E-state index < -0.39 is 29.1 Å². The van der Waals surface area contributed by atoms with Gasteiger partial charge in [-0.2, -0.15) is 0 Å². The van der Waals surface area contributed by atoms with E-state index in [9.17, 15) is 14.4 Å². The maximum Gasteiger partial charge on any atom is 0.417 e. The lowest BCUT2D eigenvalue weighted by molar-refractivity contribution is -0.130. The number of hydrogen-bond donors (Lipinski definition) is 0. The summed E-state index contributed by atoms with van der Waals surface area (Å²) < 4.78 is 28.8. The molecular weight excluding hydrogens is 540 g/mol. The van der Waals surface area contributed by atoms with Crippen molar-refractivity contribution in [1.29, 1.82) is 0 Å².